The van der Waals surface area contributed by atoms with E-state index in [4.69, 9.17) is 4.74 Å². The molecule has 8 nitrogen and oxygen atoms in total. The van der Waals surface area contributed by atoms with Crippen LogP contribution in [0.3, 0.4) is 0 Å². The molecule has 1 N–H and O–H groups in total. The van der Waals surface area contributed by atoms with Crippen molar-refractivity contribution in [3.63, 3.8) is 0 Å². The first-order chi connectivity index (χ1) is 11.8. The average Bonchev–Trinajstić information content (AvgIpc) is 3.01. The molecule has 0 unspecified atom stereocenters. The fourth-order valence-corrected chi connectivity index (χ4v) is 1.65. The van der Waals surface area contributed by atoms with Gasteiger partial charge in [0.1, 0.15) is 5.69 Å². The summed E-state index contributed by atoms with van der Waals surface area (Å²) in [5.41, 5.74) is 0.562. The predicted octanol–water partition coefficient (Wildman–Crippen LogP) is 1.26. The quantitative estimate of drug-likeness (QED) is 0.503. The highest BCUT2D eigenvalue weighted by molar-refractivity contribution is 5.98. The molecule has 1 heterocycles. The van der Waals surface area contributed by atoms with Crippen molar-refractivity contribution in [2.75, 3.05) is 6.61 Å². The smallest absolute Gasteiger partial charge is 0.307 e. The van der Waals surface area contributed by atoms with Gasteiger partial charge in [0, 0.05) is 12.0 Å². The second-order valence-corrected chi connectivity index (χ2v) is 6.41. The molecule has 25 heavy (non-hydrogen) atoms. The number of aryl methyl sites for hydroxylation is 1. The number of allylic oxidation sites excluding steroid dienone is 1. The number of rotatable bonds is 10. The van der Waals surface area contributed by atoms with Gasteiger partial charge in [-0.1, -0.05) is 32.9 Å². The van der Waals surface area contributed by atoms with Gasteiger partial charge in [-0.05, 0) is 12.0 Å². The van der Waals surface area contributed by atoms with Crippen molar-refractivity contribution in [3.05, 3.63) is 24.0 Å². The van der Waals surface area contributed by atoms with Crippen LogP contribution < -0.4 is 5.32 Å². The fourth-order valence-electron chi connectivity index (χ4n) is 1.65. The monoisotopic (exact) mass is 350 g/mol. The molecule has 138 valence electrons. The summed E-state index contributed by atoms with van der Waals surface area (Å²) in [5, 5.41) is 10.4. The molecule has 0 saturated carbocycles. The Morgan fingerprint density at radius 1 is 1.24 bits per heavy atom. The van der Waals surface area contributed by atoms with E-state index in [1.807, 2.05) is 13.8 Å². The maximum absolute atomic E-state index is 11.6. The number of esters is 1. The Bertz CT molecular complexity index is 620. The molecule has 1 amide bonds. The second kappa shape index (κ2) is 10.4. The molecule has 0 atom stereocenters. The van der Waals surface area contributed by atoms with Crippen molar-refractivity contribution >= 4 is 17.7 Å². The molecule has 0 aromatic carbocycles. The van der Waals surface area contributed by atoms with Crippen LogP contribution in [0.4, 0.5) is 0 Å². The number of amides is 1. The highest BCUT2D eigenvalue weighted by Gasteiger charge is 2.08. The average molecular weight is 350 g/mol. The first-order valence-electron chi connectivity index (χ1n) is 8.32. The van der Waals surface area contributed by atoms with E-state index in [1.54, 1.807) is 20.0 Å². The van der Waals surface area contributed by atoms with Crippen LogP contribution in [0.2, 0.25) is 0 Å². The van der Waals surface area contributed by atoms with Gasteiger partial charge in [0.25, 0.3) is 0 Å². The molecule has 8 heteroatoms. The van der Waals surface area contributed by atoms with Crippen LogP contribution in [-0.2, 0) is 32.2 Å². The van der Waals surface area contributed by atoms with Crippen LogP contribution in [0.15, 0.2) is 18.3 Å². The van der Waals surface area contributed by atoms with E-state index in [0.717, 1.165) is 0 Å². The summed E-state index contributed by atoms with van der Waals surface area (Å²) in [6.45, 7) is 8.43. The Morgan fingerprint density at radius 3 is 2.60 bits per heavy atom. The minimum Gasteiger partial charge on any atom is -0.465 e. The summed E-state index contributed by atoms with van der Waals surface area (Å²) in [6.07, 6.45) is 4.33. The minimum absolute atomic E-state index is 0.106. The zero-order valence-electron chi connectivity index (χ0n) is 15.2. The van der Waals surface area contributed by atoms with Crippen molar-refractivity contribution < 1.29 is 19.1 Å². The van der Waals surface area contributed by atoms with Crippen LogP contribution in [0.5, 0.6) is 0 Å². The predicted molar refractivity (Wildman–Crippen MR) is 91.3 cm³/mol. The zero-order valence-corrected chi connectivity index (χ0v) is 15.2. The third kappa shape index (κ3) is 8.78. The Hall–Kier alpha value is -2.51. The molecule has 1 aromatic heterocycles. The second-order valence-electron chi connectivity index (χ2n) is 6.41. The van der Waals surface area contributed by atoms with Gasteiger partial charge in [0.15, 0.2) is 5.78 Å². The van der Waals surface area contributed by atoms with Crippen LogP contribution in [-0.4, -0.2) is 39.3 Å². The number of carbonyl (C=O) groups excluding carboxylic acids is 3. The van der Waals surface area contributed by atoms with Gasteiger partial charge in [-0.25, -0.2) is 0 Å². The van der Waals surface area contributed by atoms with Gasteiger partial charge < -0.3 is 10.1 Å². The summed E-state index contributed by atoms with van der Waals surface area (Å²) in [6, 6.07) is 0. The molecule has 1 rings (SSSR count). The third-order valence-corrected chi connectivity index (χ3v) is 3.12. The van der Waals surface area contributed by atoms with Crippen molar-refractivity contribution in [2.24, 2.45) is 11.8 Å². The van der Waals surface area contributed by atoms with E-state index in [2.05, 4.69) is 15.6 Å². The van der Waals surface area contributed by atoms with Gasteiger partial charge >= 0.3 is 5.97 Å². The van der Waals surface area contributed by atoms with E-state index in [1.165, 1.54) is 16.8 Å². The van der Waals surface area contributed by atoms with E-state index >= 15 is 0 Å². The lowest BCUT2D eigenvalue weighted by molar-refractivity contribution is -0.145. The van der Waals surface area contributed by atoms with Gasteiger partial charge in [0.05, 0.1) is 32.3 Å². The van der Waals surface area contributed by atoms with E-state index in [-0.39, 0.29) is 36.5 Å². The largest absolute Gasteiger partial charge is 0.465 e. The topological polar surface area (TPSA) is 103 Å². The lowest BCUT2D eigenvalue weighted by atomic mass is 10.1. The van der Waals surface area contributed by atoms with E-state index in [0.29, 0.717) is 24.8 Å². The third-order valence-electron chi connectivity index (χ3n) is 3.12. The van der Waals surface area contributed by atoms with Gasteiger partial charge in [-0.3, -0.25) is 19.1 Å². The molecular formula is C17H26N4O4. The normalized spacial score (nSPS) is 11.3. The van der Waals surface area contributed by atoms with Crippen molar-refractivity contribution in [2.45, 2.75) is 47.2 Å². The SMILES string of the molecule is CC(C)COC(=O)CCn1cc(CNC(=O)/C=C\C(=O)C(C)C)nn1. The maximum Gasteiger partial charge on any atom is 0.307 e. The number of carbonyl (C=O) groups is 3. The summed E-state index contributed by atoms with van der Waals surface area (Å²) in [5.74, 6) is -0.600. The zero-order chi connectivity index (χ0) is 18.8. The Morgan fingerprint density at radius 2 is 1.96 bits per heavy atom. The first kappa shape index (κ1) is 20.5. The molecule has 0 aliphatic heterocycles. The van der Waals surface area contributed by atoms with Gasteiger partial charge in [-0.2, -0.15) is 0 Å². The molecule has 0 saturated heterocycles. The molecule has 0 aliphatic carbocycles. The molecular weight excluding hydrogens is 324 g/mol. The summed E-state index contributed by atoms with van der Waals surface area (Å²) >= 11 is 0. The first-order valence-corrected chi connectivity index (χ1v) is 8.32. The number of hydrogen-bond donors (Lipinski definition) is 1. The molecule has 0 fully saturated rings. The number of nitrogens with zero attached hydrogens (tertiary/aromatic N) is 3. The molecule has 0 spiro atoms. The van der Waals surface area contributed by atoms with Crippen molar-refractivity contribution in [1.82, 2.24) is 20.3 Å². The van der Waals surface area contributed by atoms with Crippen LogP contribution in [0.1, 0.15) is 39.8 Å². The van der Waals surface area contributed by atoms with Gasteiger partial charge in [0.2, 0.25) is 5.91 Å². The van der Waals surface area contributed by atoms with E-state index in [9.17, 15) is 14.4 Å². The lowest BCUT2D eigenvalue weighted by Gasteiger charge is -2.06. The molecule has 0 aliphatic rings. The fraction of sp³-hybridized carbons (Fsp3) is 0.588. The van der Waals surface area contributed by atoms with Crippen molar-refractivity contribution in [1.29, 1.82) is 0 Å². The highest BCUT2D eigenvalue weighted by atomic mass is 16.5. The molecule has 0 radical (unpaired) electrons. The number of aromatic nitrogens is 3. The summed E-state index contributed by atoms with van der Waals surface area (Å²) in [7, 11) is 0. The summed E-state index contributed by atoms with van der Waals surface area (Å²) < 4.78 is 6.61. The van der Waals surface area contributed by atoms with Gasteiger partial charge in [-0.15, -0.1) is 5.10 Å². The number of ketones is 1. The number of ether oxygens (including phenoxy) is 1. The van der Waals surface area contributed by atoms with Crippen LogP contribution in [0.25, 0.3) is 0 Å². The Labute approximate surface area is 147 Å². The maximum atomic E-state index is 11.6. The highest BCUT2D eigenvalue weighted by Crippen LogP contribution is 1.99. The summed E-state index contributed by atoms with van der Waals surface area (Å²) in [4.78, 5) is 34.6. The standard InChI is InChI=1S/C17H26N4O4/c1-12(2)11-25-17(24)7-8-21-10-14(19-20-21)9-18-16(23)6-5-15(22)13(3)4/h5-6,10,12-13H,7-9,11H2,1-4H3,(H,18,23)/b6-5-. The van der Waals surface area contributed by atoms with Crippen molar-refractivity contribution in [3.8, 4) is 0 Å². The van der Waals surface area contributed by atoms with Crippen LogP contribution >= 0.6 is 0 Å². The Kier molecular flexibility index (Phi) is 8.52. The Balaban J connectivity index is 2.34. The number of nitrogens with one attached hydrogen (secondary N) is 1. The number of hydrogen-bond acceptors (Lipinski definition) is 6. The lowest BCUT2D eigenvalue weighted by Crippen LogP contribution is -2.21. The molecule has 0 bridgehead atoms. The molecule has 1 aromatic rings. The van der Waals surface area contributed by atoms with Crippen LogP contribution in [0, 0.1) is 11.8 Å². The van der Waals surface area contributed by atoms with E-state index < -0.39 is 0 Å². The minimum atomic E-state index is -0.374.